The second-order valence-corrected chi connectivity index (χ2v) is 9.28. The molecule has 0 unspecified atom stereocenters. The van der Waals surface area contributed by atoms with Crippen molar-refractivity contribution in [2.24, 2.45) is 0 Å². The number of hydrogen-bond acceptors (Lipinski definition) is 8. The molecule has 1 N–H and O–H groups in total. The molecular weight excluding hydrogens is 531 g/mol. The number of alkyl halides is 3. The van der Waals surface area contributed by atoms with E-state index < -0.39 is 34.1 Å². The lowest BCUT2D eigenvalue weighted by atomic mass is 10.1. The zero-order chi connectivity index (χ0) is 27.8. The molecule has 0 aliphatic rings. The number of carbonyl (C=O) groups is 2. The van der Waals surface area contributed by atoms with Gasteiger partial charge in [-0.25, -0.2) is 8.42 Å². The lowest BCUT2D eigenvalue weighted by Gasteiger charge is -2.13. The third-order valence-corrected chi connectivity index (χ3v) is 6.05. The van der Waals surface area contributed by atoms with Crippen LogP contribution in [0.25, 0.3) is 0 Å². The highest BCUT2D eigenvalue weighted by molar-refractivity contribution is 7.92. The number of halogens is 3. The van der Waals surface area contributed by atoms with Crippen molar-refractivity contribution in [3.8, 4) is 17.2 Å². The molecule has 0 spiro atoms. The predicted octanol–water partition coefficient (Wildman–Crippen LogP) is 4.48. The van der Waals surface area contributed by atoms with E-state index in [1.165, 1.54) is 24.3 Å². The van der Waals surface area contributed by atoms with Crippen LogP contribution >= 0.6 is 0 Å². The molecule has 0 heterocycles. The Balaban J connectivity index is 1.50. The molecule has 13 heteroatoms. The molecule has 0 saturated heterocycles. The van der Waals surface area contributed by atoms with Crippen molar-refractivity contribution < 1.29 is 50.1 Å². The summed E-state index contributed by atoms with van der Waals surface area (Å²) in [6.07, 6.45) is -5.02. The number of nitrogens with one attached hydrogen (secondary N) is 1. The van der Waals surface area contributed by atoms with Crippen molar-refractivity contribution in [3.05, 3.63) is 78.4 Å². The number of rotatable bonds is 11. The second kappa shape index (κ2) is 12.3. The number of sulfonamides is 1. The minimum atomic E-state index is -4.88. The van der Waals surface area contributed by atoms with Crippen LogP contribution in [0.1, 0.15) is 12.5 Å². The number of ether oxygens (including phenoxy) is 4. The highest BCUT2D eigenvalue weighted by Gasteiger charge is 2.31. The summed E-state index contributed by atoms with van der Waals surface area (Å²) in [5.41, 5.74) is 0.744. The molecule has 0 amide bonds. The monoisotopic (exact) mass is 553 g/mol. The van der Waals surface area contributed by atoms with Crippen molar-refractivity contribution in [1.82, 2.24) is 0 Å². The fourth-order valence-corrected chi connectivity index (χ4v) is 4.17. The number of para-hydroxylation sites is 1. The van der Waals surface area contributed by atoms with Gasteiger partial charge in [-0.15, -0.1) is 13.2 Å². The first-order valence-corrected chi connectivity index (χ1v) is 12.4. The van der Waals surface area contributed by atoms with Gasteiger partial charge in [0.15, 0.2) is 0 Å². The van der Waals surface area contributed by atoms with Gasteiger partial charge in [0.25, 0.3) is 10.0 Å². The Labute approximate surface area is 216 Å². The molecule has 0 aromatic heterocycles. The first-order chi connectivity index (χ1) is 17.9. The summed E-state index contributed by atoms with van der Waals surface area (Å²) in [6.45, 7) is 1.39. The molecular formula is C25H22F3NO8S. The van der Waals surface area contributed by atoms with Crippen LogP contribution in [0.5, 0.6) is 17.2 Å². The first kappa shape index (κ1) is 28.3. The number of benzene rings is 3. The number of anilines is 1. The molecule has 3 rings (SSSR count). The van der Waals surface area contributed by atoms with Gasteiger partial charge in [0.05, 0.1) is 11.3 Å². The summed E-state index contributed by atoms with van der Waals surface area (Å²) in [6, 6.07) is 16.5. The Morgan fingerprint density at radius 1 is 0.842 bits per heavy atom. The van der Waals surface area contributed by atoms with Crippen LogP contribution in [-0.4, -0.2) is 39.9 Å². The van der Waals surface area contributed by atoms with Crippen LogP contribution in [-0.2, 0) is 30.8 Å². The lowest BCUT2D eigenvalue weighted by Crippen LogP contribution is -2.17. The van der Waals surface area contributed by atoms with Crippen molar-refractivity contribution >= 4 is 27.6 Å². The lowest BCUT2D eigenvalue weighted by molar-refractivity contribution is -0.274. The van der Waals surface area contributed by atoms with Gasteiger partial charge in [-0.1, -0.05) is 18.2 Å². The average Bonchev–Trinajstić information content (AvgIpc) is 2.82. The summed E-state index contributed by atoms with van der Waals surface area (Å²) in [5.74, 6) is -1.09. The van der Waals surface area contributed by atoms with E-state index in [1.54, 1.807) is 24.3 Å². The molecule has 0 aliphatic carbocycles. The van der Waals surface area contributed by atoms with E-state index >= 15 is 0 Å². The van der Waals surface area contributed by atoms with Crippen molar-refractivity contribution in [3.63, 3.8) is 0 Å². The van der Waals surface area contributed by atoms with Gasteiger partial charge < -0.3 is 18.9 Å². The fourth-order valence-electron chi connectivity index (χ4n) is 3.11. The van der Waals surface area contributed by atoms with Crippen molar-refractivity contribution in [2.45, 2.75) is 24.6 Å². The van der Waals surface area contributed by atoms with Crippen molar-refractivity contribution in [1.29, 1.82) is 0 Å². The van der Waals surface area contributed by atoms with Gasteiger partial charge in [0, 0.05) is 18.2 Å². The normalized spacial score (nSPS) is 11.4. The third-order valence-electron chi connectivity index (χ3n) is 4.65. The molecule has 202 valence electrons. The zero-order valence-corrected chi connectivity index (χ0v) is 20.7. The topological polar surface area (TPSA) is 117 Å². The van der Waals surface area contributed by atoms with Crippen LogP contribution in [0.3, 0.4) is 0 Å². The summed E-state index contributed by atoms with van der Waals surface area (Å²) >= 11 is 0. The van der Waals surface area contributed by atoms with Crippen LogP contribution in [0.2, 0.25) is 0 Å². The molecule has 38 heavy (non-hydrogen) atoms. The standard InChI is InChI=1S/C25H22F3NO8S/c1-17(30)36-24(31)16-18-4-2-3-5-23(18)35-15-14-34-20-8-6-19(7-9-20)29-38(32,33)22-12-10-21(11-13-22)37-25(26,27)28/h2-13,29H,14-16H2,1H3. The smallest absolute Gasteiger partial charge is 0.490 e. The molecule has 0 aliphatic heterocycles. The summed E-state index contributed by atoms with van der Waals surface area (Å²) in [5, 5.41) is 0. The van der Waals surface area contributed by atoms with E-state index in [2.05, 4.69) is 14.2 Å². The molecule has 3 aromatic carbocycles. The molecule has 0 atom stereocenters. The highest BCUT2D eigenvalue weighted by atomic mass is 32.2. The summed E-state index contributed by atoms with van der Waals surface area (Å²) in [4.78, 5) is 22.4. The third kappa shape index (κ3) is 9.00. The summed E-state index contributed by atoms with van der Waals surface area (Å²) in [7, 11) is -4.06. The van der Waals surface area contributed by atoms with Gasteiger partial charge in [-0.3, -0.25) is 14.3 Å². The van der Waals surface area contributed by atoms with E-state index in [1.807, 2.05) is 0 Å². The number of esters is 2. The van der Waals surface area contributed by atoms with Gasteiger partial charge in [-0.2, -0.15) is 0 Å². The second-order valence-electron chi connectivity index (χ2n) is 7.60. The fraction of sp³-hybridized carbons (Fsp3) is 0.200. The van der Waals surface area contributed by atoms with E-state index in [0.717, 1.165) is 31.2 Å². The Bertz CT molecular complexity index is 1360. The van der Waals surface area contributed by atoms with E-state index in [4.69, 9.17) is 9.47 Å². The first-order valence-electron chi connectivity index (χ1n) is 10.9. The maximum atomic E-state index is 12.5. The van der Waals surface area contributed by atoms with Crippen LogP contribution < -0.4 is 18.9 Å². The minimum Gasteiger partial charge on any atom is -0.490 e. The maximum Gasteiger partial charge on any atom is 0.573 e. The molecule has 0 fully saturated rings. The molecule has 0 saturated carbocycles. The Morgan fingerprint density at radius 3 is 2.08 bits per heavy atom. The largest absolute Gasteiger partial charge is 0.573 e. The van der Waals surface area contributed by atoms with Gasteiger partial charge in [-0.05, 0) is 54.6 Å². The molecule has 3 aromatic rings. The van der Waals surface area contributed by atoms with Crippen LogP contribution in [0, 0.1) is 0 Å². The predicted molar refractivity (Wildman–Crippen MR) is 128 cm³/mol. The minimum absolute atomic E-state index is 0.126. The number of hydrogen-bond donors (Lipinski definition) is 1. The van der Waals surface area contributed by atoms with Crippen molar-refractivity contribution in [2.75, 3.05) is 17.9 Å². The van der Waals surface area contributed by atoms with Crippen LogP contribution in [0.15, 0.2) is 77.7 Å². The van der Waals surface area contributed by atoms with Gasteiger partial charge in [0.1, 0.15) is 30.5 Å². The number of carbonyl (C=O) groups excluding carboxylic acids is 2. The summed E-state index contributed by atoms with van der Waals surface area (Å²) < 4.78 is 83.6. The maximum absolute atomic E-state index is 12.5. The Hall–Kier alpha value is -4.26. The van der Waals surface area contributed by atoms with E-state index in [-0.39, 0.29) is 30.2 Å². The van der Waals surface area contributed by atoms with E-state index in [9.17, 15) is 31.2 Å². The Kier molecular flexibility index (Phi) is 9.18. The van der Waals surface area contributed by atoms with Gasteiger partial charge >= 0.3 is 18.3 Å². The highest BCUT2D eigenvalue weighted by Crippen LogP contribution is 2.25. The van der Waals surface area contributed by atoms with Crippen LogP contribution in [0.4, 0.5) is 18.9 Å². The van der Waals surface area contributed by atoms with Gasteiger partial charge in [0.2, 0.25) is 0 Å². The molecule has 0 radical (unpaired) electrons. The quantitative estimate of drug-likeness (QED) is 0.210. The molecule has 0 bridgehead atoms. The van der Waals surface area contributed by atoms with E-state index in [0.29, 0.717) is 17.1 Å². The molecule has 9 nitrogen and oxygen atoms in total. The SMILES string of the molecule is CC(=O)OC(=O)Cc1ccccc1OCCOc1ccc(NS(=O)(=O)c2ccc(OC(F)(F)F)cc2)cc1. The Morgan fingerprint density at radius 2 is 1.45 bits per heavy atom. The zero-order valence-electron chi connectivity index (χ0n) is 19.9. The average molecular weight is 554 g/mol.